The van der Waals surface area contributed by atoms with Gasteiger partial charge >= 0.3 is 0 Å². The van der Waals surface area contributed by atoms with Crippen molar-refractivity contribution >= 4 is 50.7 Å². The average molecular weight is 557 g/mol. The third kappa shape index (κ3) is 8.39. The lowest BCUT2D eigenvalue weighted by Gasteiger charge is -2.30. The first-order chi connectivity index (χ1) is 16.8. The van der Waals surface area contributed by atoms with E-state index in [-0.39, 0.29) is 43.8 Å². The maximum atomic E-state index is 13.4. The van der Waals surface area contributed by atoms with Gasteiger partial charge in [0.1, 0.15) is 6.04 Å². The molecule has 1 N–H and O–H groups in total. The van der Waals surface area contributed by atoms with E-state index < -0.39 is 16.1 Å². The Balaban J connectivity index is 2.23. The van der Waals surface area contributed by atoms with Gasteiger partial charge in [-0.05, 0) is 63.4 Å². The van der Waals surface area contributed by atoms with Crippen LogP contribution < -0.4 is 9.62 Å². The molecular weight excluding hydrogens is 521 g/mol. The first kappa shape index (κ1) is 29.9. The Kier molecular flexibility index (Phi) is 11.1. The number of sulfonamides is 1. The molecule has 0 unspecified atom stereocenters. The number of carbonyl (C=O) groups is 2. The number of carbonyl (C=O) groups excluding carboxylic acids is 2. The van der Waals surface area contributed by atoms with Crippen molar-refractivity contribution in [2.75, 3.05) is 17.1 Å². The van der Waals surface area contributed by atoms with E-state index in [1.54, 1.807) is 43.3 Å². The zero-order valence-electron chi connectivity index (χ0n) is 21.4. The van der Waals surface area contributed by atoms with E-state index in [1.807, 2.05) is 26.8 Å². The van der Waals surface area contributed by atoms with Crippen LogP contribution in [0.15, 0.2) is 42.5 Å². The number of nitrogens with zero attached hydrogens (tertiary/aromatic N) is 2. The third-order valence-corrected chi connectivity index (χ3v) is 7.90. The summed E-state index contributed by atoms with van der Waals surface area (Å²) in [5.41, 5.74) is 2.03. The van der Waals surface area contributed by atoms with Crippen LogP contribution in [-0.2, 0) is 26.2 Å². The fraction of sp³-hybridized carbons (Fsp3) is 0.462. The SMILES string of the molecule is CC[C@@H](C)NC(=O)[C@@H](C)N(Cc1c(Cl)cccc1Cl)C(=O)CCCN(c1cccc(C)c1)S(C)(=O)=O. The van der Waals surface area contributed by atoms with Gasteiger partial charge in [0.15, 0.2) is 0 Å². The molecule has 0 aromatic heterocycles. The molecule has 2 aromatic rings. The summed E-state index contributed by atoms with van der Waals surface area (Å²) in [6.45, 7) is 7.59. The van der Waals surface area contributed by atoms with Gasteiger partial charge in [-0.15, -0.1) is 0 Å². The molecule has 0 aliphatic carbocycles. The Morgan fingerprint density at radius 2 is 1.67 bits per heavy atom. The van der Waals surface area contributed by atoms with Crippen molar-refractivity contribution in [2.24, 2.45) is 0 Å². The molecule has 2 rings (SSSR count). The molecule has 198 valence electrons. The van der Waals surface area contributed by atoms with Crippen molar-refractivity contribution in [3.63, 3.8) is 0 Å². The number of anilines is 1. The Morgan fingerprint density at radius 1 is 1.06 bits per heavy atom. The van der Waals surface area contributed by atoms with Crippen LogP contribution >= 0.6 is 23.2 Å². The molecule has 0 radical (unpaired) electrons. The molecule has 0 saturated heterocycles. The van der Waals surface area contributed by atoms with Crippen LogP contribution in [0.1, 0.15) is 51.2 Å². The summed E-state index contributed by atoms with van der Waals surface area (Å²) in [4.78, 5) is 27.7. The van der Waals surface area contributed by atoms with Gasteiger partial charge in [0.25, 0.3) is 0 Å². The Hall–Kier alpha value is -2.29. The number of nitrogens with one attached hydrogen (secondary N) is 1. The standard InChI is InChI=1S/C26H35Cl2N3O4S/c1-6-19(3)29-26(33)20(4)30(17-22-23(27)12-8-13-24(22)28)25(32)14-9-15-31(36(5,34)35)21-11-7-10-18(2)16-21/h7-8,10-13,16,19-20H,6,9,14-15,17H2,1-5H3,(H,29,33)/t19-,20-/m1/s1. The predicted octanol–water partition coefficient (Wildman–Crippen LogP) is 5.18. The molecule has 10 heteroatoms. The highest BCUT2D eigenvalue weighted by Crippen LogP contribution is 2.27. The van der Waals surface area contributed by atoms with Crippen molar-refractivity contribution in [3.05, 3.63) is 63.6 Å². The minimum atomic E-state index is -3.55. The summed E-state index contributed by atoms with van der Waals surface area (Å²) in [5, 5.41) is 3.72. The number of hydrogen-bond acceptors (Lipinski definition) is 4. The summed E-state index contributed by atoms with van der Waals surface area (Å²) in [6.07, 6.45) is 2.21. The molecule has 0 saturated carbocycles. The van der Waals surface area contributed by atoms with E-state index >= 15 is 0 Å². The lowest BCUT2D eigenvalue weighted by Crippen LogP contribution is -2.49. The second kappa shape index (κ2) is 13.3. The molecular formula is C26H35Cl2N3O4S. The van der Waals surface area contributed by atoms with Crippen LogP contribution in [0.4, 0.5) is 5.69 Å². The van der Waals surface area contributed by atoms with Crippen molar-refractivity contribution < 1.29 is 18.0 Å². The highest BCUT2D eigenvalue weighted by atomic mass is 35.5. The molecule has 2 atom stereocenters. The third-order valence-electron chi connectivity index (χ3n) is 6.00. The van der Waals surface area contributed by atoms with Crippen LogP contribution in [0.2, 0.25) is 10.0 Å². The van der Waals surface area contributed by atoms with E-state index in [4.69, 9.17) is 23.2 Å². The number of hydrogen-bond donors (Lipinski definition) is 1. The van der Waals surface area contributed by atoms with Crippen molar-refractivity contribution in [2.45, 2.75) is 65.6 Å². The Labute approximate surface area is 224 Å². The van der Waals surface area contributed by atoms with E-state index in [0.717, 1.165) is 18.2 Å². The molecule has 0 aliphatic rings. The number of amides is 2. The maximum absolute atomic E-state index is 13.4. The number of halogens is 2. The zero-order chi connectivity index (χ0) is 27.0. The van der Waals surface area contributed by atoms with Crippen LogP contribution in [0, 0.1) is 6.92 Å². The second-order valence-electron chi connectivity index (χ2n) is 8.99. The quantitative estimate of drug-likeness (QED) is 0.391. The number of aryl methyl sites for hydroxylation is 1. The normalized spacial score (nSPS) is 13.1. The smallest absolute Gasteiger partial charge is 0.242 e. The molecule has 0 bridgehead atoms. The zero-order valence-corrected chi connectivity index (χ0v) is 23.8. The Bertz CT molecular complexity index is 1150. The van der Waals surface area contributed by atoms with E-state index in [0.29, 0.717) is 21.3 Å². The van der Waals surface area contributed by atoms with E-state index in [2.05, 4.69) is 5.32 Å². The predicted molar refractivity (Wildman–Crippen MR) is 147 cm³/mol. The van der Waals surface area contributed by atoms with Crippen LogP contribution in [0.3, 0.4) is 0 Å². The number of benzene rings is 2. The van der Waals surface area contributed by atoms with E-state index in [1.165, 1.54) is 9.21 Å². The largest absolute Gasteiger partial charge is 0.352 e. The molecule has 2 amide bonds. The summed E-state index contributed by atoms with van der Waals surface area (Å²) in [5.74, 6) is -0.575. The minimum absolute atomic E-state index is 0.0425. The van der Waals surface area contributed by atoms with Crippen LogP contribution in [0.5, 0.6) is 0 Å². The van der Waals surface area contributed by atoms with Crippen LogP contribution in [0.25, 0.3) is 0 Å². The van der Waals surface area contributed by atoms with Gasteiger partial charge in [-0.3, -0.25) is 13.9 Å². The lowest BCUT2D eigenvalue weighted by molar-refractivity contribution is -0.140. The molecule has 0 heterocycles. The van der Waals surface area contributed by atoms with Crippen molar-refractivity contribution in [3.8, 4) is 0 Å². The molecule has 7 nitrogen and oxygen atoms in total. The van der Waals surface area contributed by atoms with Gasteiger partial charge in [-0.2, -0.15) is 0 Å². The second-order valence-corrected chi connectivity index (χ2v) is 11.7. The highest BCUT2D eigenvalue weighted by Gasteiger charge is 2.28. The van der Waals surface area contributed by atoms with Gasteiger partial charge < -0.3 is 10.2 Å². The maximum Gasteiger partial charge on any atom is 0.242 e. The summed E-state index contributed by atoms with van der Waals surface area (Å²) in [7, 11) is -3.55. The van der Waals surface area contributed by atoms with Crippen molar-refractivity contribution in [1.82, 2.24) is 10.2 Å². The van der Waals surface area contributed by atoms with E-state index in [9.17, 15) is 18.0 Å². The van der Waals surface area contributed by atoms with Gasteiger partial charge in [-0.25, -0.2) is 8.42 Å². The van der Waals surface area contributed by atoms with Crippen LogP contribution in [-0.4, -0.2) is 50.0 Å². The molecule has 0 spiro atoms. The minimum Gasteiger partial charge on any atom is -0.352 e. The molecule has 2 aromatic carbocycles. The lowest BCUT2D eigenvalue weighted by atomic mass is 10.1. The average Bonchev–Trinajstić information content (AvgIpc) is 2.80. The topological polar surface area (TPSA) is 86.8 Å². The van der Waals surface area contributed by atoms with Gasteiger partial charge in [-0.1, -0.05) is 48.3 Å². The summed E-state index contributed by atoms with van der Waals surface area (Å²) in [6, 6.07) is 11.4. The van der Waals surface area contributed by atoms with Gasteiger partial charge in [0.05, 0.1) is 11.9 Å². The van der Waals surface area contributed by atoms with Gasteiger partial charge in [0.2, 0.25) is 21.8 Å². The van der Waals surface area contributed by atoms with Crippen molar-refractivity contribution in [1.29, 1.82) is 0 Å². The monoisotopic (exact) mass is 555 g/mol. The number of rotatable bonds is 12. The highest BCUT2D eigenvalue weighted by molar-refractivity contribution is 7.92. The summed E-state index contributed by atoms with van der Waals surface area (Å²) >= 11 is 12.7. The summed E-state index contributed by atoms with van der Waals surface area (Å²) < 4.78 is 26.2. The van der Waals surface area contributed by atoms with Gasteiger partial charge in [0, 0.05) is 41.2 Å². The molecule has 0 aliphatic heterocycles. The fourth-order valence-corrected chi connectivity index (χ4v) is 5.16. The molecule has 36 heavy (non-hydrogen) atoms. The molecule has 0 fully saturated rings. The first-order valence-corrected chi connectivity index (χ1v) is 14.5. The Morgan fingerprint density at radius 3 is 2.22 bits per heavy atom. The fourth-order valence-electron chi connectivity index (χ4n) is 3.69. The first-order valence-electron chi connectivity index (χ1n) is 11.9.